The van der Waals surface area contributed by atoms with Gasteiger partial charge in [-0.05, 0) is 31.0 Å². The number of morpholine rings is 1. The fourth-order valence-electron chi connectivity index (χ4n) is 1.98. The van der Waals surface area contributed by atoms with Crippen molar-refractivity contribution >= 4 is 11.6 Å². The van der Waals surface area contributed by atoms with Gasteiger partial charge in [-0.25, -0.2) is 0 Å². The van der Waals surface area contributed by atoms with Gasteiger partial charge in [-0.3, -0.25) is 0 Å². The molecule has 0 radical (unpaired) electrons. The largest absolute Gasteiger partial charge is 0.492 e. The molecule has 3 nitrogen and oxygen atoms in total. The Morgan fingerprint density at radius 2 is 2.41 bits per heavy atom. The summed E-state index contributed by atoms with van der Waals surface area (Å²) in [6.45, 7) is 5.09. The van der Waals surface area contributed by atoms with Gasteiger partial charge in [0, 0.05) is 12.6 Å². The number of nitrogens with one attached hydrogen (secondary N) is 1. The van der Waals surface area contributed by atoms with Gasteiger partial charge in [-0.2, -0.15) is 0 Å². The Hall–Kier alpha value is -0.770. The minimum absolute atomic E-state index is 0.387. The summed E-state index contributed by atoms with van der Waals surface area (Å²) < 4.78 is 10.8. The summed E-state index contributed by atoms with van der Waals surface area (Å²) in [5.41, 5.74) is 1.21. The summed E-state index contributed by atoms with van der Waals surface area (Å²) in [5.74, 6) is 0.755. The number of benzene rings is 1. The van der Waals surface area contributed by atoms with Crippen LogP contribution in [0.4, 0.5) is 0 Å². The molecule has 1 heterocycles. The molecule has 1 aliphatic rings. The van der Waals surface area contributed by atoms with Gasteiger partial charge in [-0.1, -0.05) is 17.7 Å². The Kier molecular flexibility index (Phi) is 4.66. The van der Waals surface area contributed by atoms with E-state index < -0.39 is 0 Å². The summed E-state index contributed by atoms with van der Waals surface area (Å²) in [7, 11) is 0. The molecule has 4 heteroatoms. The lowest BCUT2D eigenvalue weighted by molar-refractivity contribution is 0.0770. The normalized spacial score (nSPS) is 20.2. The SMILES string of the molecule is CCOc1ccc(CC2COCCN2)cc1Cl. The van der Waals surface area contributed by atoms with E-state index >= 15 is 0 Å². The fraction of sp³-hybridized carbons (Fsp3) is 0.538. The quantitative estimate of drug-likeness (QED) is 0.895. The van der Waals surface area contributed by atoms with Gasteiger partial charge >= 0.3 is 0 Å². The molecule has 0 amide bonds. The molecule has 0 bridgehead atoms. The first-order chi connectivity index (χ1) is 8.29. The Bertz CT molecular complexity index is 364. The smallest absolute Gasteiger partial charge is 0.137 e. The third-order valence-corrected chi connectivity index (χ3v) is 3.07. The number of rotatable bonds is 4. The number of halogens is 1. The van der Waals surface area contributed by atoms with Crippen LogP contribution in [0.5, 0.6) is 5.75 Å². The van der Waals surface area contributed by atoms with Crippen molar-refractivity contribution in [3.63, 3.8) is 0 Å². The van der Waals surface area contributed by atoms with E-state index in [1.165, 1.54) is 5.56 Å². The first kappa shape index (κ1) is 12.7. The maximum atomic E-state index is 6.15. The van der Waals surface area contributed by atoms with Crippen LogP contribution in [0.25, 0.3) is 0 Å². The average Bonchev–Trinajstić information content (AvgIpc) is 2.34. The molecule has 1 saturated heterocycles. The van der Waals surface area contributed by atoms with Gasteiger partial charge in [0.2, 0.25) is 0 Å². The fourth-order valence-corrected chi connectivity index (χ4v) is 2.24. The van der Waals surface area contributed by atoms with Crippen molar-refractivity contribution in [3.05, 3.63) is 28.8 Å². The average molecular weight is 256 g/mol. The number of ether oxygens (including phenoxy) is 2. The zero-order valence-corrected chi connectivity index (χ0v) is 10.8. The summed E-state index contributed by atoms with van der Waals surface area (Å²) >= 11 is 6.15. The van der Waals surface area contributed by atoms with Crippen molar-refractivity contribution in [2.45, 2.75) is 19.4 Å². The van der Waals surface area contributed by atoms with Crippen LogP contribution in [-0.4, -0.2) is 32.4 Å². The van der Waals surface area contributed by atoms with Crippen LogP contribution in [0.2, 0.25) is 5.02 Å². The minimum atomic E-state index is 0.387. The van der Waals surface area contributed by atoms with Gasteiger partial charge < -0.3 is 14.8 Å². The van der Waals surface area contributed by atoms with Crippen LogP contribution in [-0.2, 0) is 11.2 Å². The molecule has 1 atom stereocenters. The molecular formula is C13H18ClNO2. The molecule has 1 fully saturated rings. The molecule has 17 heavy (non-hydrogen) atoms. The third-order valence-electron chi connectivity index (χ3n) is 2.78. The molecule has 0 aliphatic carbocycles. The van der Waals surface area contributed by atoms with Crippen LogP contribution in [0, 0.1) is 0 Å². The van der Waals surface area contributed by atoms with Crippen LogP contribution in [0.1, 0.15) is 12.5 Å². The summed E-state index contributed by atoms with van der Waals surface area (Å²) in [4.78, 5) is 0. The van der Waals surface area contributed by atoms with Crippen molar-refractivity contribution in [1.29, 1.82) is 0 Å². The second-order valence-electron chi connectivity index (χ2n) is 4.13. The summed E-state index contributed by atoms with van der Waals surface area (Å²) in [6, 6.07) is 6.36. The second kappa shape index (κ2) is 6.24. The lowest BCUT2D eigenvalue weighted by atomic mass is 10.1. The van der Waals surface area contributed by atoms with Gasteiger partial charge in [-0.15, -0.1) is 0 Å². The van der Waals surface area contributed by atoms with Gasteiger partial charge in [0.1, 0.15) is 5.75 Å². The van der Waals surface area contributed by atoms with Crippen molar-refractivity contribution in [2.75, 3.05) is 26.4 Å². The van der Waals surface area contributed by atoms with Crippen LogP contribution >= 0.6 is 11.6 Å². The monoisotopic (exact) mass is 255 g/mol. The van der Waals surface area contributed by atoms with Crippen molar-refractivity contribution in [3.8, 4) is 5.75 Å². The van der Waals surface area contributed by atoms with Gasteiger partial charge in [0.05, 0.1) is 24.8 Å². The van der Waals surface area contributed by atoms with Crippen LogP contribution in [0.3, 0.4) is 0 Å². The lowest BCUT2D eigenvalue weighted by Gasteiger charge is -2.24. The molecule has 0 aromatic heterocycles. The molecule has 0 spiro atoms. The van der Waals surface area contributed by atoms with E-state index in [2.05, 4.69) is 11.4 Å². The molecule has 1 aromatic rings. The number of hydrogen-bond donors (Lipinski definition) is 1. The van der Waals surface area contributed by atoms with E-state index in [4.69, 9.17) is 21.1 Å². The van der Waals surface area contributed by atoms with E-state index in [1.807, 2.05) is 19.1 Å². The van der Waals surface area contributed by atoms with Crippen LogP contribution in [0.15, 0.2) is 18.2 Å². The molecule has 94 valence electrons. The molecule has 1 N–H and O–H groups in total. The summed E-state index contributed by atoms with van der Waals surface area (Å²) in [5, 5.41) is 4.11. The maximum absolute atomic E-state index is 6.15. The Morgan fingerprint density at radius 3 is 3.06 bits per heavy atom. The highest BCUT2D eigenvalue weighted by atomic mass is 35.5. The van der Waals surface area contributed by atoms with Crippen molar-refractivity contribution in [1.82, 2.24) is 5.32 Å². The van der Waals surface area contributed by atoms with E-state index in [-0.39, 0.29) is 0 Å². The highest BCUT2D eigenvalue weighted by Gasteiger charge is 2.14. The second-order valence-corrected chi connectivity index (χ2v) is 4.54. The zero-order valence-electron chi connectivity index (χ0n) is 10.0. The lowest BCUT2D eigenvalue weighted by Crippen LogP contribution is -2.42. The highest BCUT2D eigenvalue weighted by molar-refractivity contribution is 6.32. The predicted molar refractivity (Wildman–Crippen MR) is 68.9 cm³/mol. The Labute approximate surface area is 107 Å². The van der Waals surface area contributed by atoms with E-state index in [0.717, 1.165) is 31.9 Å². The van der Waals surface area contributed by atoms with Gasteiger partial charge in [0.15, 0.2) is 0 Å². The molecule has 1 aliphatic heterocycles. The first-order valence-corrected chi connectivity index (χ1v) is 6.39. The summed E-state index contributed by atoms with van der Waals surface area (Å²) in [6.07, 6.45) is 0.937. The number of hydrogen-bond acceptors (Lipinski definition) is 3. The molecular weight excluding hydrogens is 238 g/mol. The van der Waals surface area contributed by atoms with Crippen LogP contribution < -0.4 is 10.1 Å². The topological polar surface area (TPSA) is 30.5 Å². The molecule has 1 aromatic carbocycles. The van der Waals surface area contributed by atoms with E-state index in [0.29, 0.717) is 17.7 Å². The standard InChI is InChI=1S/C13H18ClNO2/c1-2-17-13-4-3-10(8-12(13)14)7-11-9-16-6-5-15-11/h3-4,8,11,15H,2,5-7,9H2,1H3. The minimum Gasteiger partial charge on any atom is -0.492 e. The maximum Gasteiger partial charge on any atom is 0.137 e. The predicted octanol–water partition coefficient (Wildman–Crippen LogP) is 2.27. The van der Waals surface area contributed by atoms with E-state index in [1.54, 1.807) is 0 Å². The molecule has 0 saturated carbocycles. The molecule has 2 rings (SSSR count). The Morgan fingerprint density at radius 1 is 1.53 bits per heavy atom. The van der Waals surface area contributed by atoms with Crippen molar-refractivity contribution < 1.29 is 9.47 Å². The van der Waals surface area contributed by atoms with E-state index in [9.17, 15) is 0 Å². The zero-order chi connectivity index (χ0) is 12.1. The third kappa shape index (κ3) is 3.60. The van der Waals surface area contributed by atoms with Gasteiger partial charge in [0.25, 0.3) is 0 Å². The Balaban J connectivity index is 1.98. The molecule has 1 unspecified atom stereocenters. The first-order valence-electron chi connectivity index (χ1n) is 6.02. The van der Waals surface area contributed by atoms with Crippen molar-refractivity contribution in [2.24, 2.45) is 0 Å². The highest BCUT2D eigenvalue weighted by Crippen LogP contribution is 2.26.